The van der Waals surface area contributed by atoms with E-state index in [-0.39, 0.29) is 11.9 Å². The van der Waals surface area contributed by atoms with E-state index in [1.807, 2.05) is 11.4 Å². The van der Waals surface area contributed by atoms with Crippen LogP contribution in [0.4, 0.5) is 18.0 Å². The van der Waals surface area contributed by atoms with Gasteiger partial charge in [0.25, 0.3) is 0 Å². The second kappa shape index (κ2) is 7.30. The van der Waals surface area contributed by atoms with Crippen molar-refractivity contribution in [2.24, 2.45) is 0 Å². The molecule has 9 heteroatoms. The Morgan fingerprint density at radius 3 is 2.87 bits per heavy atom. The first kappa shape index (κ1) is 17.0. The zero-order chi connectivity index (χ0) is 16.9. The van der Waals surface area contributed by atoms with Gasteiger partial charge in [0.1, 0.15) is 6.54 Å². The number of rotatable bonds is 4. The fourth-order valence-electron chi connectivity index (χ4n) is 2.43. The van der Waals surface area contributed by atoms with Crippen LogP contribution in [0.3, 0.4) is 0 Å². The lowest BCUT2D eigenvalue weighted by molar-refractivity contribution is -0.160. The molecular weight excluding hydrogens is 315 g/mol. The van der Waals surface area contributed by atoms with Crippen LogP contribution in [-0.4, -0.2) is 47.8 Å². The zero-order valence-corrected chi connectivity index (χ0v) is 12.2. The minimum atomic E-state index is -4.60. The van der Waals surface area contributed by atoms with Crippen molar-refractivity contribution in [1.29, 1.82) is 0 Å². The number of hydrogen-bond acceptors (Lipinski definition) is 4. The van der Waals surface area contributed by atoms with Crippen LogP contribution in [0.25, 0.3) is 0 Å². The van der Waals surface area contributed by atoms with E-state index in [1.54, 1.807) is 23.4 Å². The summed E-state index contributed by atoms with van der Waals surface area (Å²) in [6.07, 6.45) is -0.987. The molecule has 0 spiro atoms. The Morgan fingerprint density at radius 2 is 2.22 bits per heavy atom. The predicted octanol–water partition coefficient (Wildman–Crippen LogP) is 2.03. The third-order valence-electron chi connectivity index (χ3n) is 3.39. The number of carbonyl (C=O) groups excluding carboxylic acids is 2. The molecule has 23 heavy (non-hydrogen) atoms. The molecule has 1 aliphatic rings. The van der Waals surface area contributed by atoms with Crippen molar-refractivity contribution in [2.75, 3.05) is 19.7 Å². The van der Waals surface area contributed by atoms with Gasteiger partial charge >= 0.3 is 12.3 Å². The summed E-state index contributed by atoms with van der Waals surface area (Å²) in [6.45, 7) is -1.57. The average molecular weight is 331 g/mol. The number of hydrogen-bond donors (Lipinski definition) is 1. The summed E-state index contributed by atoms with van der Waals surface area (Å²) >= 11 is 0. The summed E-state index contributed by atoms with van der Waals surface area (Å²) < 4.78 is 39.7. The third kappa shape index (κ3) is 5.11. The van der Waals surface area contributed by atoms with Crippen molar-refractivity contribution in [3.63, 3.8) is 0 Å². The van der Waals surface area contributed by atoms with Crippen molar-refractivity contribution < 1.29 is 27.5 Å². The number of carbonyl (C=O) groups is 2. The molecule has 2 heterocycles. The number of ether oxygens (including phenoxy) is 1. The number of halogens is 3. The van der Waals surface area contributed by atoms with Crippen LogP contribution < -0.4 is 5.32 Å². The highest BCUT2D eigenvalue weighted by atomic mass is 19.4. The van der Waals surface area contributed by atoms with Crippen LogP contribution in [0.5, 0.6) is 0 Å². The molecular formula is C14H16F3N3O3. The van der Waals surface area contributed by atoms with Crippen LogP contribution in [0.15, 0.2) is 24.5 Å². The van der Waals surface area contributed by atoms with E-state index >= 15 is 0 Å². The maximum Gasteiger partial charge on any atom is 0.422 e. The van der Waals surface area contributed by atoms with Crippen LogP contribution in [0.2, 0.25) is 0 Å². The Bertz CT molecular complexity index is 551. The minimum Gasteiger partial charge on any atom is -0.440 e. The summed E-state index contributed by atoms with van der Waals surface area (Å²) in [7, 11) is 0. The summed E-state index contributed by atoms with van der Waals surface area (Å²) in [6, 6.07) is 3.49. The Morgan fingerprint density at radius 1 is 1.43 bits per heavy atom. The molecule has 2 amide bonds. The molecule has 0 radical (unpaired) electrons. The Labute approximate surface area is 130 Å². The molecule has 1 atom stereocenters. The molecule has 6 nitrogen and oxygen atoms in total. The average Bonchev–Trinajstić information content (AvgIpc) is 3.00. The van der Waals surface area contributed by atoms with Gasteiger partial charge in [-0.3, -0.25) is 9.78 Å². The van der Waals surface area contributed by atoms with Crippen LogP contribution in [0, 0.1) is 0 Å². The number of aromatic nitrogens is 1. The molecule has 0 unspecified atom stereocenters. The van der Waals surface area contributed by atoms with Gasteiger partial charge in [-0.1, -0.05) is 6.07 Å². The third-order valence-corrected chi connectivity index (χ3v) is 3.39. The topological polar surface area (TPSA) is 71.5 Å². The van der Waals surface area contributed by atoms with E-state index in [0.717, 1.165) is 18.4 Å². The number of pyridine rings is 1. The first-order chi connectivity index (χ1) is 10.9. The standard InChI is InChI=1S/C14H16F3N3O3/c15-14(16,17)9-23-13(22)19-8-12(21)20-6-2-4-11(20)10-3-1-5-18-7-10/h1,3,5,7,11H,2,4,6,8-9H2,(H,19,22)/t11-/m1/s1. The largest absolute Gasteiger partial charge is 0.440 e. The normalized spacial score (nSPS) is 17.9. The maximum absolute atomic E-state index is 12.1. The molecule has 1 N–H and O–H groups in total. The van der Waals surface area contributed by atoms with Crippen molar-refractivity contribution >= 4 is 12.0 Å². The van der Waals surface area contributed by atoms with Gasteiger partial charge in [-0.15, -0.1) is 0 Å². The summed E-state index contributed by atoms with van der Waals surface area (Å²) in [5.74, 6) is -0.375. The smallest absolute Gasteiger partial charge is 0.422 e. The van der Waals surface area contributed by atoms with Crippen molar-refractivity contribution in [3.8, 4) is 0 Å². The Balaban J connectivity index is 1.84. The van der Waals surface area contributed by atoms with Gasteiger partial charge in [0.2, 0.25) is 5.91 Å². The van der Waals surface area contributed by atoms with E-state index < -0.39 is 25.4 Å². The maximum atomic E-state index is 12.1. The quantitative estimate of drug-likeness (QED) is 0.916. The number of nitrogens with one attached hydrogen (secondary N) is 1. The molecule has 126 valence electrons. The lowest BCUT2D eigenvalue weighted by Gasteiger charge is -2.25. The van der Waals surface area contributed by atoms with E-state index in [1.165, 1.54) is 0 Å². The first-order valence-electron chi connectivity index (χ1n) is 7.03. The van der Waals surface area contributed by atoms with Gasteiger partial charge in [-0.2, -0.15) is 13.2 Å². The first-order valence-corrected chi connectivity index (χ1v) is 7.03. The SMILES string of the molecule is O=C(NCC(=O)N1CCC[C@@H]1c1cccnc1)OCC(F)(F)F. The number of alkyl carbamates (subject to hydrolysis) is 1. The van der Waals surface area contributed by atoms with Gasteiger partial charge in [-0.05, 0) is 24.5 Å². The molecule has 0 aliphatic carbocycles. The van der Waals surface area contributed by atoms with Crippen molar-refractivity contribution in [3.05, 3.63) is 30.1 Å². The zero-order valence-electron chi connectivity index (χ0n) is 12.2. The number of nitrogens with zero attached hydrogens (tertiary/aromatic N) is 2. The van der Waals surface area contributed by atoms with E-state index in [0.29, 0.717) is 6.54 Å². The molecule has 1 fully saturated rings. The second-order valence-corrected chi connectivity index (χ2v) is 5.08. The second-order valence-electron chi connectivity index (χ2n) is 5.08. The van der Waals surface area contributed by atoms with Crippen molar-refractivity contribution in [2.45, 2.75) is 25.1 Å². The summed E-state index contributed by atoms with van der Waals surface area (Å²) in [5, 5.41) is 2.04. The fraction of sp³-hybridized carbons (Fsp3) is 0.500. The van der Waals surface area contributed by atoms with Gasteiger partial charge < -0.3 is 15.0 Å². The van der Waals surface area contributed by atoms with Crippen LogP contribution in [-0.2, 0) is 9.53 Å². The molecule has 0 saturated carbocycles. The van der Waals surface area contributed by atoms with Crippen LogP contribution in [0.1, 0.15) is 24.4 Å². The Kier molecular flexibility index (Phi) is 5.41. The van der Waals surface area contributed by atoms with Gasteiger partial charge in [0.15, 0.2) is 6.61 Å². The highest BCUT2D eigenvalue weighted by Crippen LogP contribution is 2.31. The molecule has 1 aromatic rings. The molecule has 0 bridgehead atoms. The van der Waals surface area contributed by atoms with Crippen LogP contribution >= 0.6 is 0 Å². The summed E-state index contributed by atoms with van der Waals surface area (Å²) in [4.78, 5) is 28.9. The van der Waals surface area contributed by atoms with Gasteiger partial charge in [0.05, 0.1) is 6.04 Å². The predicted molar refractivity (Wildman–Crippen MR) is 73.3 cm³/mol. The summed E-state index contributed by atoms with van der Waals surface area (Å²) in [5.41, 5.74) is 0.887. The molecule has 1 aromatic heterocycles. The van der Waals surface area contributed by atoms with E-state index in [4.69, 9.17) is 0 Å². The number of alkyl halides is 3. The fourth-order valence-corrected chi connectivity index (χ4v) is 2.43. The van der Waals surface area contributed by atoms with Gasteiger partial charge in [0, 0.05) is 18.9 Å². The number of amides is 2. The Hall–Kier alpha value is -2.32. The molecule has 0 aromatic carbocycles. The van der Waals surface area contributed by atoms with E-state index in [2.05, 4.69) is 9.72 Å². The number of likely N-dealkylation sites (tertiary alicyclic amines) is 1. The highest BCUT2D eigenvalue weighted by molar-refractivity contribution is 5.82. The van der Waals surface area contributed by atoms with E-state index in [9.17, 15) is 22.8 Å². The molecule has 1 aliphatic heterocycles. The highest BCUT2D eigenvalue weighted by Gasteiger charge is 2.31. The molecule has 1 saturated heterocycles. The molecule has 2 rings (SSSR count). The van der Waals surface area contributed by atoms with Gasteiger partial charge in [-0.25, -0.2) is 4.79 Å². The lowest BCUT2D eigenvalue weighted by Crippen LogP contribution is -2.40. The monoisotopic (exact) mass is 331 g/mol. The lowest BCUT2D eigenvalue weighted by atomic mass is 10.1. The van der Waals surface area contributed by atoms with Crippen molar-refractivity contribution in [1.82, 2.24) is 15.2 Å². The minimum absolute atomic E-state index is 0.135.